The number of nitriles is 1. The van der Waals surface area contributed by atoms with Gasteiger partial charge in [0.15, 0.2) is 5.82 Å². The lowest BCUT2D eigenvalue weighted by molar-refractivity contribution is -0.00283. The normalized spacial score (nSPS) is 18.9. The first kappa shape index (κ1) is 23.1. The van der Waals surface area contributed by atoms with Crippen molar-refractivity contribution in [2.75, 3.05) is 25.1 Å². The average molecular weight is 475 g/mol. The van der Waals surface area contributed by atoms with Gasteiger partial charge in [0.05, 0.1) is 43.3 Å². The molecule has 182 valence electrons. The van der Waals surface area contributed by atoms with Crippen molar-refractivity contribution in [3.8, 4) is 6.07 Å². The van der Waals surface area contributed by atoms with Gasteiger partial charge in [-0.25, -0.2) is 0 Å². The zero-order valence-electron chi connectivity index (χ0n) is 20.1. The van der Waals surface area contributed by atoms with E-state index in [4.69, 9.17) is 9.84 Å². The Bertz CT molecular complexity index is 1350. The molecule has 1 saturated carbocycles. The lowest BCUT2D eigenvalue weighted by atomic mass is 10.0. The number of aromatic nitrogens is 3. The van der Waals surface area contributed by atoms with Crippen LogP contribution in [-0.4, -0.2) is 51.4 Å². The number of anilines is 2. The van der Waals surface area contributed by atoms with Crippen LogP contribution in [0.2, 0.25) is 0 Å². The van der Waals surface area contributed by atoms with Gasteiger partial charge in [-0.1, -0.05) is 6.92 Å². The Balaban J connectivity index is 1.46. The molecule has 1 saturated heterocycles. The topological polar surface area (TPSA) is 116 Å². The van der Waals surface area contributed by atoms with Crippen molar-refractivity contribution in [1.29, 1.82) is 5.26 Å². The minimum Gasteiger partial charge on any atom is -0.377 e. The number of rotatable bonds is 7. The van der Waals surface area contributed by atoms with E-state index in [1.165, 1.54) is 0 Å². The monoisotopic (exact) mass is 474 g/mol. The van der Waals surface area contributed by atoms with Gasteiger partial charge in [-0.15, -0.1) is 0 Å². The highest BCUT2D eigenvalue weighted by atomic mass is 16.5. The van der Waals surface area contributed by atoms with Crippen LogP contribution in [0, 0.1) is 24.2 Å². The molecule has 2 aromatic heterocycles. The van der Waals surface area contributed by atoms with Gasteiger partial charge < -0.3 is 19.9 Å². The van der Waals surface area contributed by atoms with Crippen LogP contribution in [-0.2, 0) is 4.74 Å². The number of carbonyl (C=O) groups is 1. The highest BCUT2D eigenvalue weighted by molar-refractivity contribution is 5.97. The number of pyridine rings is 1. The number of carbonyl (C=O) groups excluding carboxylic acids is 1. The fourth-order valence-electron chi connectivity index (χ4n) is 5.00. The molecule has 3 aromatic rings. The molecule has 1 aliphatic heterocycles. The van der Waals surface area contributed by atoms with Crippen molar-refractivity contribution in [1.82, 2.24) is 19.7 Å². The molecule has 2 aliphatic rings. The van der Waals surface area contributed by atoms with Gasteiger partial charge in [0.25, 0.3) is 11.5 Å². The lowest BCUT2D eigenvalue weighted by Gasteiger charge is -2.35. The Morgan fingerprint density at radius 1 is 1.37 bits per heavy atom. The van der Waals surface area contributed by atoms with Gasteiger partial charge in [-0.05, 0) is 61.9 Å². The number of morpholine rings is 1. The third-order valence-electron chi connectivity index (χ3n) is 7.09. The molecule has 5 rings (SSSR count). The van der Waals surface area contributed by atoms with E-state index < -0.39 is 0 Å². The van der Waals surface area contributed by atoms with Gasteiger partial charge in [-0.2, -0.15) is 10.4 Å². The Kier molecular flexibility index (Phi) is 6.31. The maximum Gasteiger partial charge on any atom is 0.261 e. The first-order valence-corrected chi connectivity index (χ1v) is 12.2. The fourth-order valence-corrected chi connectivity index (χ4v) is 5.00. The number of nitrogens with zero attached hydrogens (tertiary/aromatic N) is 4. The fraction of sp³-hybridized carbons (Fsp3) is 0.462. The number of nitrogens with one attached hydrogen (secondary N) is 2. The van der Waals surface area contributed by atoms with Crippen LogP contribution in [0.4, 0.5) is 11.5 Å². The molecule has 2 unspecified atom stereocenters. The van der Waals surface area contributed by atoms with Crippen molar-refractivity contribution in [3.05, 3.63) is 51.9 Å². The van der Waals surface area contributed by atoms with Gasteiger partial charge >= 0.3 is 0 Å². The summed E-state index contributed by atoms with van der Waals surface area (Å²) in [5.41, 5.74) is 2.73. The first-order valence-electron chi connectivity index (χ1n) is 12.2. The average Bonchev–Trinajstić information content (AvgIpc) is 3.64. The molecule has 0 spiro atoms. The number of hydrogen-bond acceptors (Lipinski definition) is 6. The summed E-state index contributed by atoms with van der Waals surface area (Å²) < 4.78 is 7.38. The van der Waals surface area contributed by atoms with E-state index in [0.29, 0.717) is 54.4 Å². The van der Waals surface area contributed by atoms with Gasteiger partial charge in [0.1, 0.15) is 5.39 Å². The Labute approximate surface area is 203 Å². The van der Waals surface area contributed by atoms with Gasteiger partial charge in [0, 0.05) is 24.0 Å². The standard InChI is InChI=1S/C26H30N6O3/c1-3-19-15-35-13-12-31(19)26(34)20-7-6-18(14-16(20)2)29-24-23-22(9-11-28-25(23)33)32(30-24)21(8-10-27)17-4-5-17/h6-7,9,11,14,17,19,21H,3-5,8,12-13,15H2,1-2H3,(H,28,33)(H,29,30). The molecule has 0 bridgehead atoms. The maximum absolute atomic E-state index is 13.3. The third-order valence-corrected chi connectivity index (χ3v) is 7.09. The molecule has 0 radical (unpaired) electrons. The van der Waals surface area contributed by atoms with E-state index in [9.17, 15) is 14.9 Å². The predicted octanol–water partition coefficient (Wildman–Crippen LogP) is 3.89. The molecule has 1 amide bonds. The quantitative estimate of drug-likeness (QED) is 0.537. The van der Waals surface area contributed by atoms with Crippen LogP contribution >= 0.6 is 0 Å². The highest BCUT2D eigenvalue weighted by Gasteiger charge is 2.34. The van der Waals surface area contributed by atoms with Crippen molar-refractivity contribution in [3.63, 3.8) is 0 Å². The zero-order chi connectivity index (χ0) is 24.5. The molecule has 2 N–H and O–H groups in total. The summed E-state index contributed by atoms with van der Waals surface area (Å²) in [6.07, 6.45) is 4.95. The molecule has 3 heterocycles. The van der Waals surface area contributed by atoms with E-state index in [2.05, 4.69) is 23.3 Å². The smallest absolute Gasteiger partial charge is 0.261 e. The number of hydrogen-bond donors (Lipinski definition) is 2. The molecule has 1 aliphatic carbocycles. The summed E-state index contributed by atoms with van der Waals surface area (Å²) in [7, 11) is 0. The Morgan fingerprint density at radius 2 is 2.20 bits per heavy atom. The number of ether oxygens (including phenoxy) is 1. The second-order valence-electron chi connectivity index (χ2n) is 9.42. The Morgan fingerprint density at radius 3 is 2.91 bits per heavy atom. The first-order chi connectivity index (χ1) is 17.0. The van der Waals surface area contributed by atoms with Crippen molar-refractivity contribution >= 4 is 28.3 Å². The van der Waals surface area contributed by atoms with Crippen molar-refractivity contribution in [2.24, 2.45) is 5.92 Å². The van der Waals surface area contributed by atoms with Crippen molar-refractivity contribution in [2.45, 2.75) is 51.6 Å². The summed E-state index contributed by atoms with van der Waals surface area (Å²) in [6, 6.07) is 9.72. The van der Waals surface area contributed by atoms with E-state index in [1.54, 1.807) is 6.20 Å². The zero-order valence-corrected chi connectivity index (χ0v) is 20.1. The van der Waals surface area contributed by atoms with Gasteiger partial charge in [-0.3, -0.25) is 14.3 Å². The van der Waals surface area contributed by atoms with E-state index >= 15 is 0 Å². The molecule has 9 heteroatoms. The van der Waals surface area contributed by atoms with Crippen LogP contribution in [0.5, 0.6) is 0 Å². The lowest BCUT2D eigenvalue weighted by Crippen LogP contribution is -2.48. The number of aryl methyl sites for hydroxylation is 1. The molecule has 1 aromatic carbocycles. The second kappa shape index (κ2) is 9.55. The van der Waals surface area contributed by atoms with Gasteiger partial charge in [0.2, 0.25) is 0 Å². The molecular formula is C26H30N6O3. The minimum absolute atomic E-state index is 0.0131. The number of aromatic amines is 1. The third kappa shape index (κ3) is 4.42. The highest BCUT2D eigenvalue weighted by Crippen LogP contribution is 2.43. The van der Waals surface area contributed by atoms with Crippen LogP contribution in [0.1, 0.15) is 54.6 Å². The minimum atomic E-state index is -0.232. The summed E-state index contributed by atoms with van der Waals surface area (Å²) >= 11 is 0. The second-order valence-corrected chi connectivity index (χ2v) is 9.42. The summed E-state index contributed by atoms with van der Waals surface area (Å²) in [6.45, 7) is 5.69. The number of fused-ring (bicyclic) bond motifs is 1. The van der Waals surface area contributed by atoms with Crippen LogP contribution < -0.4 is 10.9 Å². The number of benzene rings is 1. The summed E-state index contributed by atoms with van der Waals surface area (Å²) in [4.78, 5) is 30.6. The molecule has 9 nitrogen and oxygen atoms in total. The molecule has 2 fully saturated rings. The number of amides is 1. The van der Waals surface area contributed by atoms with Crippen molar-refractivity contribution < 1.29 is 9.53 Å². The predicted molar refractivity (Wildman–Crippen MR) is 133 cm³/mol. The van der Waals surface area contributed by atoms with E-state index in [-0.39, 0.29) is 23.6 Å². The molecule has 2 atom stereocenters. The van der Waals surface area contributed by atoms with Crippen LogP contribution in [0.3, 0.4) is 0 Å². The summed E-state index contributed by atoms with van der Waals surface area (Å²) in [5, 5.41) is 17.9. The Hall–Kier alpha value is -3.64. The van der Waals surface area contributed by atoms with E-state index in [0.717, 1.165) is 30.5 Å². The summed E-state index contributed by atoms with van der Waals surface area (Å²) in [5.74, 6) is 0.867. The maximum atomic E-state index is 13.3. The van der Waals surface area contributed by atoms with Crippen LogP contribution in [0.25, 0.3) is 10.9 Å². The SMILES string of the molecule is CCC1COCCN1C(=O)c1ccc(Nc2nn(C(CC#N)C3CC3)c3cc[nH]c(=O)c23)cc1C. The largest absolute Gasteiger partial charge is 0.377 e. The van der Waals surface area contributed by atoms with E-state index in [1.807, 2.05) is 40.8 Å². The number of H-pyrrole nitrogens is 1. The van der Waals surface area contributed by atoms with Crippen LogP contribution in [0.15, 0.2) is 35.3 Å². The molecule has 35 heavy (non-hydrogen) atoms. The molecular weight excluding hydrogens is 444 g/mol.